The van der Waals surface area contributed by atoms with Crippen LogP contribution in [0.2, 0.25) is 0 Å². The van der Waals surface area contributed by atoms with Gasteiger partial charge in [-0.2, -0.15) is 13.2 Å². The van der Waals surface area contributed by atoms with Gasteiger partial charge in [-0.25, -0.2) is 0 Å². The van der Waals surface area contributed by atoms with Crippen LogP contribution in [0, 0.1) is 0 Å². The monoisotopic (exact) mass is 492 g/mol. The van der Waals surface area contributed by atoms with Crippen LogP contribution in [0.25, 0.3) is 11.4 Å². The van der Waals surface area contributed by atoms with Crippen molar-refractivity contribution in [2.45, 2.75) is 37.6 Å². The van der Waals surface area contributed by atoms with Crippen LogP contribution in [-0.2, 0) is 11.0 Å². The van der Waals surface area contributed by atoms with Crippen molar-refractivity contribution in [2.24, 2.45) is 0 Å². The number of carbonyl (C=O) groups is 1. The third kappa shape index (κ3) is 5.46. The quantitative estimate of drug-likeness (QED) is 0.462. The predicted octanol–water partition coefficient (Wildman–Crippen LogP) is 5.44. The molecule has 0 saturated heterocycles. The maximum atomic E-state index is 12.9. The lowest BCUT2D eigenvalue weighted by atomic mass is 10.2. The molecule has 2 heterocycles. The van der Waals surface area contributed by atoms with Gasteiger partial charge in [-0.1, -0.05) is 17.8 Å². The van der Waals surface area contributed by atoms with Gasteiger partial charge in [0.2, 0.25) is 5.91 Å². The maximum absolute atomic E-state index is 12.9. The molecule has 0 fully saturated rings. The summed E-state index contributed by atoms with van der Waals surface area (Å²) >= 11 is 1.16. The Balaban J connectivity index is 1.49. The minimum absolute atomic E-state index is 0.00462. The summed E-state index contributed by atoms with van der Waals surface area (Å²) in [7, 11) is 0. The van der Waals surface area contributed by atoms with E-state index in [1.165, 1.54) is 12.1 Å². The van der Waals surface area contributed by atoms with Gasteiger partial charge >= 0.3 is 6.18 Å². The summed E-state index contributed by atoms with van der Waals surface area (Å²) in [6.45, 7) is 5.11. The van der Waals surface area contributed by atoms with E-state index in [0.29, 0.717) is 35.7 Å². The van der Waals surface area contributed by atoms with E-state index < -0.39 is 17.6 Å². The van der Waals surface area contributed by atoms with Gasteiger partial charge in [0.05, 0.1) is 24.5 Å². The third-order valence-electron chi connectivity index (χ3n) is 4.99. The molecule has 0 unspecified atom stereocenters. The molecule has 34 heavy (non-hydrogen) atoms. The second-order valence-corrected chi connectivity index (χ2v) is 8.84. The second kappa shape index (κ2) is 9.96. The molecular weight excluding hydrogens is 469 g/mol. The van der Waals surface area contributed by atoms with E-state index in [1.54, 1.807) is 0 Å². The molecular formula is C23H23F3N4O3S. The number of ether oxygens (including phenoxy) is 2. The van der Waals surface area contributed by atoms with Gasteiger partial charge < -0.3 is 14.8 Å². The highest BCUT2D eigenvalue weighted by atomic mass is 32.2. The Morgan fingerprint density at radius 3 is 2.62 bits per heavy atom. The molecule has 4 rings (SSSR count). The topological polar surface area (TPSA) is 78.3 Å². The van der Waals surface area contributed by atoms with Crippen LogP contribution in [0.5, 0.6) is 11.5 Å². The van der Waals surface area contributed by atoms with E-state index in [4.69, 9.17) is 9.47 Å². The summed E-state index contributed by atoms with van der Waals surface area (Å²) < 4.78 is 52.1. The van der Waals surface area contributed by atoms with Crippen molar-refractivity contribution < 1.29 is 27.4 Å². The highest BCUT2D eigenvalue weighted by molar-refractivity contribution is 7.99. The highest BCUT2D eigenvalue weighted by Gasteiger charge is 2.30. The fraction of sp³-hybridized carbons (Fsp3) is 0.348. The lowest BCUT2D eigenvalue weighted by Crippen LogP contribution is -2.16. The lowest BCUT2D eigenvalue weighted by Gasteiger charge is -2.15. The Morgan fingerprint density at radius 1 is 1.12 bits per heavy atom. The zero-order valence-electron chi connectivity index (χ0n) is 18.6. The molecule has 0 radical (unpaired) electrons. The van der Waals surface area contributed by atoms with Crippen molar-refractivity contribution in [1.29, 1.82) is 0 Å². The van der Waals surface area contributed by atoms with Crippen LogP contribution in [-0.4, -0.2) is 39.6 Å². The van der Waals surface area contributed by atoms with Gasteiger partial charge in [-0.15, -0.1) is 10.2 Å². The molecule has 3 aromatic rings. The van der Waals surface area contributed by atoms with Gasteiger partial charge in [-0.05, 0) is 50.2 Å². The Kier molecular flexibility index (Phi) is 7.01. The number of halogens is 3. The third-order valence-corrected chi connectivity index (χ3v) is 5.94. The molecule has 0 spiro atoms. The number of benzene rings is 2. The summed E-state index contributed by atoms with van der Waals surface area (Å²) in [5.41, 5.74) is 0.0571. The molecule has 2 aromatic carbocycles. The molecule has 1 N–H and O–H groups in total. The summed E-state index contributed by atoms with van der Waals surface area (Å²) in [5, 5.41) is 11.6. The first-order valence-corrected chi connectivity index (χ1v) is 11.7. The van der Waals surface area contributed by atoms with E-state index in [9.17, 15) is 18.0 Å². The van der Waals surface area contributed by atoms with Crippen LogP contribution in [0.4, 0.5) is 18.9 Å². The van der Waals surface area contributed by atoms with Crippen LogP contribution in [0.15, 0.2) is 47.6 Å². The van der Waals surface area contributed by atoms with E-state index in [-0.39, 0.29) is 17.5 Å². The van der Waals surface area contributed by atoms with Crippen molar-refractivity contribution in [3.05, 3.63) is 48.0 Å². The van der Waals surface area contributed by atoms with Crippen molar-refractivity contribution >= 4 is 23.4 Å². The summed E-state index contributed by atoms with van der Waals surface area (Å²) in [6, 6.07) is 10.1. The number of alkyl halides is 3. The number of hydrogen-bond acceptors (Lipinski definition) is 6. The number of thioether (sulfide) groups is 1. The Bertz CT molecular complexity index is 1180. The number of nitrogens with one attached hydrogen (secondary N) is 1. The molecule has 0 aliphatic carbocycles. The minimum atomic E-state index is -4.48. The first-order chi connectivity index (χ1) is 16.2. The Hall–Kier alpha value is -3.21. The van der Waals surface area contributed by atoms with Crippen LogP contribution < -0.4 is 14.8 Å². The highest BCUT2D eigenvalue weighted by Crippen LogP contribution is 2.36. The maximum Gasteiger partial charge on any atom is 0.416 e. The number of amides is 1. The van der Waals surface area contributed by atoms with Gasteiger partial charge in [0.15, 0.2) is 22.5 Å². The van der Waals surface area contributed by atoms with E-state index in [1.807, 2.05) is 36.6 Å². The fourth-order valence-corrected chi connectivity index (χ4v) is 4.31. The first-order valence-electron chi connectivity index (χ1n) is 10.7. The number of rotatable bonds is 6. The van der Waals surface area contributed by atoms with E-state index >= 15 is 0 Å². The second-order valence-electron chi connectivity index (χ2n) is 7.90. The van der Waals surface area contributed by atoms with Crippen molar-refractivity contribution in [1.82, 2.24) is 14.8 Å². The van der Waals surface area contributed by atoms with Crippen molar-refractivity contribution in [2.75, 3.05) is 24.3 Å². The largest absolute Gasteiger partial charge is 0.490 e. The van der Waals surface area contributed by atoms with Crippen LogP contribution in [0.1, 0.15) is 31.9 Å². The zero-order chi connectivity index (χ0) is 24.3. The number of hydrogen-bond donors (Lipinski definition) is 1. The summed E-state index contributed by atoms with van der Waals surface area (Å²) in [5.74, 6) is 1.45. The average Bonchev–Trinajstić information content (AvgIpc) is 3.08. The zero-order valence-corrected chi connectivity index (χ0v) is 19.4. The molecule has 1 aromatic heterocycles. The van der Waals surface area contributed by atoms with Gasteiger partial charge in [-0.3, -0.25) is 9.36 Å². The molecule has 1 amide bonds. The van der Waals surface area contributed by atoms with E-state index in [0.717, 1.165) is 35.9 Å². The van der Waals surface area contributed by atoms with E-state index in [2.05, 4.69) is 15.5 Å². The molecule has 180 valence electrons. The number of fused-ring (bicyclic) bond motifs is 1. The molecule has 11 heteroatoms. The Morgan fingerprint density at radius 2 is 1.88 bits per heavy atom. The smallest absolute Gasteiger partial charge is 0.416 e. The summed E-state index contributed by atoms with van der Waals surface area (Å²) in [4.78, 5) is 12.4. The first kappa shape index (κ1) is 23.9. The van der Waals surface area contributed by atoms with Crippen molar-refractivity contribution in [3.8, 4) is 22.9 Å². The molecule has 1 aliphatic heterocycles. The normalized spacial score (nSPS) is 13.6. The molecule has 1 aliphatic rings. The van der Waals surface area contributed by atoms with Crippen LogP contribution in [0.3, 0.4) is 0 Å². The standard InChI is InChI=1S/C23H23F3N4O3S/c1-14(2)30-21(15-7-8-18-19(11-15)33-10-4-9-32-18)28-29-22(30)34-13-20(31)27-17-6-3-5-16(12-17)23(24,25)26/h3,5-8,11-12,14H,4,9-10,13H2,1-2H3,(H,27,31). The SMILES string of the molecule is CC(C)n1c(SCC(=O)Nc2cccc(C(F)(F)F)c2)nnc1-c1ccc2c(c1)OCCCO2. The summed E-state index contributed by atoms with van der Waals surface area (Å²) in [6.07, 6.45) is -3.68. The fourth-order valence-electron chi connectivity index (χ4n) is 3.44. The number of nitrogens with zero attached hydrogens (tertiary/aromatic N) is 3. The molecule has 0 atom stereocenters. The number of carbonyl (C=O) groups excluding carboxylic acids is 1. The minimum Gasteiger partial charge on any atom is -0.490 e. The Labute approximate surface area is 198 Å². The van der Waals surface area contributed by atoms with Gasteiger partial charge in [0.1, 0.15) is 0 Å². The van der Waals surface area contributed by atoms with Crippen LogP contribution >= 0.6 is 11.8 Å². The lowest BCUT2D eigenvalue weighted by molar-refractivity contribution is -0.137. The average molecular weight is 493 g/mol. The molecule has 0 bridgehead atoms. The predicted molar refractivity (Wildman–Crippen MR) is 122 cm³/mol. The number of aromatic nitrogens is 3. The van der Waals surface area contributed by atoms with Gasteiger partial charge in [0, 0.05) is 23.7 Å². The van der Waals surface area contributed by atoms with Gasteiger partial charge in [0.25, 0.3) is 0 Å². The van der Waals surface area contributed by atoms with Crippen molar-refractivity contribution in [3.63, 3.8) is 0 Å². The molecule has 0 saturated carbocycles. The number of anilines is 1. The molecule has 7 nitrogen and oxygen atoms in total.